The van der Waals surface area contributed by atoms with E-state index in [1.165, 1.54) is 23.9 Å². The molecule has 9 heteroatoms. The molecule has 2 aromatic heterocycles. The lowest BCUT2D eigenvalue weighted by Crippen LogP contribution is -2.43. The first-order chi connectivity index (χ1) is 14.2. The Morgan fingerprint density at radius 1 is 1.21 bits per heavy atom. The number of furan rings is 1. The molecule has 0 saturated carbocycles. The van der Waals surface area contributed by atoms with Crippen molar-refractivity contribution in [1.29, 1.82) is 0 Å². The SMILES string of the molecule is O=C(Nc1nc2cc3c(cc2s1)OCCO3)C1CCCN(C(=O)c2ccoc2)C1. The molecule has 4 heterocycles. The van der Waals surface area contributed by atoms with Crippen LogP contribution in [0.5, 0.6) is 11.5 Å². The van der Waals surface area contributed by atoms with Crippen molar-refractivity contribution in [3.05, 3.63) is 36.3 Å². The molecule has 2 amide bonds. The van der Waals surface area contributed by atoms with Crippen LogP contribution in [0.3, 0.4) is 0 Å². The summed E-state index contributed by atoms with van der Waals surface area (Å²) in [6.45, 7) is 2.07. The van der Waals surface area contributed by atoms with Crippen LogP contribution < -0.4 is 14.8 Å². The van der Waals surface area contributed by atoms with Gasteiger partial charge in [-0.25, -0.2) is 4.98 Å². The van der Waals surface area contributed by atoms with Gasteiger partial charge in [-0.05, 0) is 18.9 Å². The van der Waals surface area contributed by atoms with E-state index in [1.807, 2.05) is 12.1 Å². The number of carbonyl (C=O) groups excluding carboxylic acids is 2. The summed E-state index contributed by atoms with van der Waals surface area (Å²) < 4.78 is 17.1. The summed E-state index contributed by atoms with van der Waals surface area (Å²) in [5.74, 6) is 0.873. The molecule has 3 aromatic rings. The zero-order chi connectivity index (χ0) is 19.8. The fraction of sp³-hybridized carbons (Fsp3) is 0.350. The molecule has 0 aliphatic carbocycles. The summed E-state index contributed by atoms with van der Waals surface area (Å²) in [4.78, 5) is 31.6. The number of benzene rings is 1. The Bertz CT molecular complexity index is 1020. The van der Waals surface area contributed by atoms with Gasteiger partial charge in [0.15, 0.2) is 16.6 Å². The lowest BCUT2D eigenvalue weighted by Gasteiger charge is -2.31. The number of aromatic nitrogens is 1. The van der Waals surface area contributed by atoms with Crippen LogP contribution in [0.1, 0.15) is 23.2 Å². The average Bonchev–Trinajstić information content (AvgIpc) is 3.41. The van der Waals surface area contributed by atoms with Crippen LogP contribution in [-0.4, -0.2) is 48.0 Å². The highest BCUT2D eigenvalue weighted by Crippen LogP contribution is 2.38. The number of ether oxygens (including phenoxy) is 2. The van der Waals surface area contributed by atoms with E-state index in [0.717, 1.165) is 23.1 Å². The van der Waals surface area contributed by atoms with E-state index in [9.17, 15) is 9.59 Å². The van der Waals surface area contributed by atoms with E-state index in [4.69, 9.17) is 13.9 Å². The smallest absolute Gasteiger partial charge is 0.257 e. The van der Waals surface area contributed by atoms with Gasteiger partial charge < -0.3 is 24.1 Å². The highest BCUT2D eigenvalue weighted by atomic mass is 32.1. The number of hydrogen-bond acceptors (Lipinski definition) is 7. The number of nitrogens with zero attached hydrogens (tertiary/aromatic N) is 2. The molecule has 5 rings (SSSR count). The first-order valence-corrected chi connectivity index (χ1v) is 10.3. The standard InChI is InChI=1S/C20H19N3O5S/c24-18(12-2-1-4-23(10-12)19(25)13-3-5-26-11-13)22-20-21-14-8-15-16(9-17(14)29-20)28-7-6-27-15/h3,5,8-9,11-12H,1-2,4,6-7,10H2,(H,21,22,24). The van der Waals surface area contributed by atoms with Crippen molar-refractivity contribution in [1.82, 2.24) is 9.88 Å². The summed E-state index contributed by atoms with van der Waals surface area (Å²) in [7, 11) is 0. The summed E-state index contributed by atoms with van der Waals surface area (Å²) in [5, 5.41) is 3.45. The molecule has 1 N–H and O–H groups in total. The second kappa shape index (κ2) is 7.40. The Morgan fingerprint density at radius 3 is 2.83 bits per heavy atom. The molecule has 1 atom stereocenters. The Balaban J connectivity index is 1.29. The molecule has 1 fully saturated rings. The van der Waals surface area contributed by atoms with E-state index < -0.39 is 0 Å². The first kappa shape index (κ1) is 18.0. The van der Waals surface area contributed by atoms with Crippen molar-refractivity contribution in [3.63, 3.8) is 0 Å². The molecule has 29 heavy (non-hydrogen) atoms. The van der Waals surface area contributed by atoms with E-state index in [2.05, 4.69) is 10.3 Å². The summed E-state index contributed by atoms with van der Waals surface area (Å²) >= 11 is 1.40. The monoisotopic (exact) mass is 413 g/mol. The van der Waals surface area contributed by atoms with Gasteiger partial charge in [0.05, 0.1) is 28.0 Å². The highest BCUT2D eigenvalue weighted by molar-refractivity contribution is 7.22. The molecule has 1 unspecified atom stereocenters. The highest BCUT2D eigenvalue weighted by Gasteiger charge is 2.30. The van der Waals surface area contributed by atoms with Gasteiger partial charge in [-0.2, -0.15) is 0 Å². The zero-order valence-electron chi connectivity index (χ0n) is 15.6. The molecular weight excluding hydrogens is 394 g/mol. The summed E-state index contributed by atoms with van der Waals surface area (Å²) in [5.41, 5.74) is 1.26. The predicted octanol–water partition coefficient (Wildman–Crippen LogP) is 3.15. The minimum absolute atomic E-state index is 0.109. The number of anilines is 1. The van der Waals surface area contributed by atoms with Crippen molar-refractivity contribution in [2.45, 2.75) is 12.8 Å². The van der Waals surface area contributed by atoms with Gasteiger partial charge in [-0.3, -0.25) is 9.59 Å². The Kier molecular flexibility index (Phi) is 4.59. The van der Waals surface area contributed by atoms with Crippen LogP contribution in [0.4, 0.5) is 5.13 Å². The Labute approximate surface area is 170 Å². The third-order valence-corrected chi connectivity index (χ3v) is 6.06. The minimum atomic E-state index is -0.272. The number of nitrogens with one attached hydrogen (secondary N) is 1. The van der Waals surface area contributed by atoms with Crippen LogP contribution in [0.2, 0.25) is 0 Å². The fourth-order valence-electron chi connectivity index (χ4n) is 3.67. The molecule has 8 nitrogen and oxygen atoms in total. The largest absolute Gasteiger partial charge is 0.486 e. The molecule has 150 valence electrons. The molecule has 2 aliphatic heterocycles. The van der Waals surface area contributed by atoms with E-state index >= 15 is 0 Å². The number of hydrogen-bond donors (Lipinski definition) is 1. The molecule has 0 spiro atoms. The molecule has 1 saturated heterocycles. The first-order valence-electron chi connectivity index (χ1n) is 9.50. The number of amides is 2. The molecule has 2 aliphatic rings. The second-order valence-electron chi connectivity index (χ2n) is 7.07. The van der Waals surface area contributed by atoms with E-state index in [0.29, 0.717) is 48.5 Å². The topological polar surface area (TPSA) is 93.9 Å². The lowest BCUT2D eigenvalue weighted by atomic mass is 9.97. The van der Waals surface area contributed by atoms with Gasteiger partial charge in [0, 0.05) is 25.2 Å². The number of thiazole rings is 1. The van der Waals surface area contributed by atoms with Gasteiger partial charge >= 0.3 is 0 Å². The summed E-state index contributed by atoms with van der Waals surface area (Å²) in [6.07, 6.45) is 4.42. The van der Waals surface area contributed by atoms with Gasteiger partial charge in [-0.15, -0.1) is 0 Å². The van der Waals surface area contributed by atoms with Crippen molar-refractivity contribution in [2.24, 2.45) is 5.92 Å². The Morgan fingerprint density at radius 2 is 2.03 bits per heavy atom. The Hall–Kier alpha value is -3.07. The lowest BCUT2D eigenvalue weighted by molar-refractivity contribution is -0.121. The number of rotatable bonds is 3. The summed E-state index contributed by atoms with van der Waals surface area (Å²) in [6, 6.07) is 5.37. The third kappa shape index (κ3) is 3.53. The zero-order valence-corrected chi connectivity index (χ0v) is 16.4. The van der Waals surface area contributed by atoms with Gasteiger partial charge in [0.1, 0.15) is 19.5 Å². The average molecular weight is 413 g/mol. The van der Waals surface area contributed by atoms with Crippen LogP contribution in [-0.2, 0) is 4.79 Å². The van der Waals surface area contributed by atoms with Crippen molar-refractivity contribution < 1.29 is 23.5 Å². The molecule has 0 bridgehead atoms. The normalized spacial score (nSPS) is 18.6. The van der Waals surface area contributed by atoms with Crippen molar-refractivity contribution >= 4 is 38.5 Å². The predicted molar refractivity (Wildman–Crippen MR) is 107 cm³/mol. The maximum Gasteiger partial charge on any atom is 0.257 e. The quantitative estimate of drug-likeness (QED) is 0.709. The second-order valence-corrected chi connectivity index (χ2v) is 8.10. The number of fused-ring (bicyclic) bond motifs is 2. The van der Waals surface area contributed by atoms with Gasteiger partial charge in [-0.1, -0.05) is 11.3 Å². The molecule has 0 radical (unpaired) electrons. The fourth-order valence-corrected chi connectivity index (χ4v) is 4.55. The number of likely N-dealkylation sites (tertiary alicyclic amines) is 1. The van der Waals surface area contributed by atoms with Crippen LogP contribution >= 0.6 is 11.3 Å². The van der Waals surface area contributed by atoms with Gasteiger partial charge in [0.25, 0.3) is 5.91 Å². The molecule has 1 aromatic carbocycles. The minimum Gasteiger partial charge on any atom is -0.486 e. The van der Waals surface area contributed by atoms with Crippen molar-refractivity contribution in [3.8, 4) is 11.5 Å². The van der Waals surface area contributed by atoms with Crippen molar-refractivity contribution in [2.75, 3.05) is 31.6 Å². The van der Waals surface area contributed by atoms with E-state index in [-0.39, 0.29) is 17.7 Å². The van der Waals surface area contributed by atoms with Gasteiger partial charge in [0.2, 0.25) is 5.91 Å². The molecular formula is C20H19N3O5S. The maximum absolute atomic E-state index is 12.8. The number of piperidine rings is 1. The maximum atomic E-state index is 12.8. The number of carbonyl (C=O) groups is 2. The van der Waals surface area contributed by atoms with Crippen LogP contribution in [0, 0.1) is 5.92 Å². The van der Waals surface area contributed by atoms with Crippen LogP contribution in [0.15, 0.2) is 35.1 Å². The van der Waals surface area contributed by atoms with Crippen LogP contribution in [0.25, 0.3) is 10.2 Å². The van der Waals surface area contributed by atoms with E-state index in [1.54, 1.807) is 11.0 Å². The third-order valence-electron chi connectivity index (χ3n) is 5.13.